The highest BCUT2D eigenvalue weighted by atomic mass is 19.0. The van der Waals surface area contributed by atoms with Gasteiger partial charge in [-0.25, -0.2) is 0 Å². The summed E-state index contributed by atoms with van der Waals surface area (Å²) in [6.45, 7) is 1.81. The third-order valence-electron chi connectivity index (χ3n) is 1.18. The van der Waals surface area contributed by atoms with Crippen LogP contribution in [0.4, 0.5) is 9.41 Å². The first kappa shape index (κ1) is 12.4. The molecule has 0 aliphatic carbocycles. The standard InChI is InChI=1S/C6H8N2O.2FH/c1-5-6(4-9)3-8(2)7-5;;/h3-4H,1-2H3;2*1H. The molecule has 0 saturated carbocycles. The van der Waals surface area contributed by atoms with Crippen LogP contribution < -0.4 is 0 Å². The summed E-state index contributed by atoms with van der Waals surface area (Å²) in [5.74, 6) is 0. The molecule has 1 heterocycles. The fourth-order valence-corrected chi connectivity index (χ4v) is 0.734. The van der Waals surface area contributed by atoms with E-state index < -0.39 is 0 Å². The van der Waals surface area contributed by atoms with E-state index in [0.717, 1.165) is 12.0 Å². The third-order valence-corrected chi connectivity index (χ3v) is 1.18. The maximum absolute atomic E-state index is 10.2. The molecular formula is C6H10F2N2O. The molecular weight excluding hydrogens is 154 g/mol. The van der Waals surface area contributed by atoms with Crippen molar-refractivity contribution in [2.24, 2.45) is 7.05 Å². The summed E-state index contributed by atoms with van der Waals surface area (Å²) >= 11 is 0. The molecule has 11 heavy (non-hydrogen) atoms. The second-order valence-corrected chi connectivity index (χ2v) is 1.96. The Labute approximate surface area is 62.8 Å². The van der Waals surface area contributed by atoms with Crippen molar-refractivity contribution in [1.29, 1.82) is 0 Å². The molecule has 0 amide bonds. The van der Waals surface area contributed by atoms with Crippen molar-refractivity contribution in [1.82, 2.24) is 9.78 Å². The summed E-state index contributed by atoms with van der Waals surface area (Å²) in [4.78, 5) is 10.2. The van der Waals surface area contributed by atoms with Gasteiger partial charge in [0.15, 0.2) is 6.29 Å². The zero-order valence-electron chi connectivity index (χ0n) is 6.27. The van der Waals surface area contributed by atoms with Crippen LogP contribution in [0.15, 0.2) is 6.20 Å². The molecule has 0 N–H and O–H groups in total. The van der Waals surface area contributed by atoms with Gasteiger partial charge in [0, 0.05) is 13.2 Å². The summed E-state index contributed by atoms with van der Waals surface area (Å²) < 4.78 is 1.62. The van der Waals surface area contributed by atoms with Crippen LogP contribution in [0.2, 0.25) is 0 Å². The number of aldehydes is 1. The van der Waals surface area contributed by atoms with Gasteiger partial charge in [-0.15, -0.1) is 0 Å². The van der Waals surface area contributed by atoms with Crippen LogP contribution in [0.25, 0.3) is 0 Å². The fourth-order valence-electron chi connectivity index (χ4n) is 0.734. The summed E-state index contributed by atoms with van der Waals surface area (Å²) in [7, 11) is 1.79. The van der Waals surface area contributed by atoms with Gasteiger partial charge in [0.1, 0.15) is 0 Å². The molecule has 0 aromatic carbocycles. The molecule has 1 rings (SSSR count). The Kier molecular flexibility index (Phi) is 5.12. The van der Waals surface area contributed by atoms with Crippen LogP contribution >= 0.6 is 0 Å². The molecule has 1 aromatic rings. The number of carbonyl (C=O) groups excluding carboxylic acids is 1. The summed E-state index contributed by atoms with van der Waals surface area (Å²) in [5, 5.41) is 3.97. The number of carbonyl (C=O) groups is 1. The van der Waals surface area contributed by atoms with Gasteiger partial charge in [0.25, 0.3) is 0 Å². The van der Waals surface area contributed by atoms with Crippen molar-refractivity contribution in [3.8, 4) is 0 Å². The molecule has 0 radical (unpaired) electrons. The molecule has 0 fully saturated rings. The molecule has 0 aliphatic heterocycles. The van der Waals surface area contributed by atoms with Crippen molar-refractivity contribution in [2.75, 3.05) is 0 Å². The average Bonchev–Trinajstić information content (AvgIpc) is 2.10. The minimum atomic E-state index is 0. The summed E-state index contributed by atoms with van der Waals surface area (Å²) in [5.41, 5.74) is 1.45. The molecule has 0 saturated heterocycles. The minimum absolute atomic E-state index is 0. The Morgan fingerprint density at radius 2 is 2.09 bits per heavy atom. The lowest BCUT2D eigenvalue weighted by molar-refractivity contribution is 0.112. The van der Waals surface area contributed by atoms with Crippen molar-refractivity contribution in [3.63, 3.8) is 0 Å². The highest BCUT2D eigenvalue weighted by molar-refractivity contribution is 5.75. The van der Waals surface area contributed by atoms with E-state index in [0.29, 0.717) is 5.56 Å². The average molecular weight is 164 g/mol. The van der Waals surface area contributed by atoms with Crippen LogP contribution in [0, 0.1) is 6.92 Å². The molecule has 0 aliphatic rings. The Morgan fingerprint density at radius 1 is 1.55 bits per heavy atom. The number of halogens is 2. The van der Waals surface area contributed by atoms with Gasteiger partial charge in [-0.05, 0) is 6.92 Å². The second-order valence-electron chi connectivity index (χ2n) is 1.96. The van der Waals surface area contributed by atoms with Crippen LogP contribution in [0.5, 0.6) is 0 Å². The maximum Gasteiger partial charge on any atom is 0.153 e. The molecule has 1 aromatic heterocycles. The monoisotopic (exact) mass is 164 g/mol. The lowest BCUT2D eigenvalue weighted by Crippen LogP contribution is -1.86. The first-order chi connectivity index (χ1) is 4.24. The van der Waals surface area contributed by atoms with Crippen LogP contribution in [-0.4, -0.2) is 16.1 Å². The molecule has 3 nitrogen and oxygen atoms in total. The number of aromatic nitrogens is 2. The van der Waals surface area contributed by atoms with Gasteiger partial charge in [0.2, 0.25) is 0 Å². The first-order valence-corrected chi connectivity index (χ1v) is 2.69. The Hall–Kier alpha value is -1.26. The first-order valence-electron chi connectivity index (χ1n) is 2.69. The molecule has 0 unspecified atom stereocenters. The minimum Gasteiger partial charge on any atom is -0.298 e. The van der Waals surface area contributed by atoms with Crippen LogP contribution in [0.1, 0.15) is 16.1 Å². The zero-order valence-corrected chi connectivity index (χ0v) is 6.27. The highest BCUT2D eigenvalue weighted by Gasteiger charge is 1.98. The molecule has 0 atom stereocenters. The van der Waals surface area contributed by atoms with E-state index in [4.69, 9.17) is 0 Å². The smallest absolute Gasteiger partial charge is 0.153 e. The van der Waals surface area contributed by atoms with Gasteiger partial charge >= 0.3 is 0 Å². The number of rotatable bonds is 1. The predicted molar refractivity (Wildman–Crippen MR) is 38.3 cm³/mol. The zero-order chi connectivity index (χ0) is 6.85. The van der Waals surface area contributed by atoms with Gasteiger partial charge in [-0.1, -0.05) is 0 Å². The van der Waals surface area contributed by atoms with E-state index in [2.05, 4.69) is 5.10 Å². The van der Waals surface area contributed by atoms with Crippen molar-refractivity contribution >= 4 is 6.29 Å². The van der Waals surface area contributed by atoms with Crippen LogP contribution in [0.3, 0.4) is 0 Å². The topological polar surface area (TPSA) is 34.9 Å². The number of nitrogens with zero attached hydrogens (tertiary/aromatic N) is 2. The van der Waals surface area contributed by atoms with Gasteiger partial charge in [0.05, 0.1) is 11.3 Å². The van der Waals surface area contributed by atoms with E-state index >= 15 is 0 Å². The fraction of sp³-hybridized carbons (Fsp3) is 0.333. The summed E-state index contributed by atoms with van der Waals surface area (Å²) in [6, 6.07) is 0. The Balaban J connectivity index is 0. The number of hydrogen-bond donors (Lipinski definition) is 0. The molecule has 5 heteroatoms. The predicted octanol–water partition coefficient (Wildman–Crippen LogP) is 0.846. The largest absolute Gasteiger partial charge is 0.298 e. The third kappa shape index (κ3) is 2.45. The Bertz CT molecular complexity index is 234. The lowest BCUT2D eigenvalue weighted by Gasteiger charge is -1.79. The maximum atomic E-state index is 10.2. The SMILES string of the molecule is Cc1nn(C)cc1C=O.F.F. The van der Waals surface area contributed by atoms with E-state index in [9.17, 15) is 4.79 Å². The molecule has 0 spiro atoms. The van der Waals surface area contributed by atoms with E-state index in [1.165, 1.54) is 0 Å². The summed E-state index contributed by atoms with van der Waals surface area (Å²) in [6.07, 6.45) is 2.50. The molecule has 0 bridgehead atoms. The number of hydrogen-bond acceptors (Lipinski definition) is 2. The van der Waals surface area contributed by atoms with Crippen molar-refractivity contribution < 1.29 is 14.2 Å². The lowest BCUT2D eigenvalue weighted by atomic mass is 10.3. The van der Waals surface area contributed by atoms with E-state index in [-0.39, 0.29) is 9.41 Å². The van der Waals surface area contributed by atoms with Crippen LogP contribution in [-0.2, 0) is 7.05 Å². The second kappa shape index (κ2) is 4.54. The highest BCUT2D eigenvalue weighted by Crippen LogP contribution is 1.98. The Morgan fingerprint density at radius 3 is 2.27 bits per heavy atom. The van der Waals surface area contributed by atoms with E-state index in [1.54, 1.807) is 17.9 Å². The normalized spacial score (nSPS) is 7.82. The van der Waals surface area contributed by atoms with Gasteiger partial charge in [-0.3, -0.25) is 18.9 Å². The van der Waals surface area contributed by atoms with Gasteiger partial charge in [-0.2, -0.15) is 5.10 Å². The quantitative estimate of drug-likeness (QED) is 0.576. The van der Waals surface area contributed by atoms with Crippen molar-refractivity contribution in [3.05, 3.63) is 17.5 Å². The molecule has 64 valence electrons. The van der Waals surface area contributed by atoms with E-state index in [1.807, 2.05) is 6.92 Å². The van der Waals surface area contributed by atoms with Gasteiger partial charge < -0.3 is 0 Å². The number of aryl methyl sites for hydroxylation is 2. The van der Waals surface area contributed by atoms with Crippen molar-refractivity contribution in [2.45, 2.75) is 6.92 Å².